The van der Waals surface area contributed by atoms with E-state index in [4.69, 9.17) is 16.3 Å². The summed E-state index contributed by atoms with van der Waals surface area (Å²) in [4.78, 5) is 12.6. The van der Waals surface area contributed by atoms with E-state index in [1.807, 2.05) is 0 Å². The molecule has 3 aromatic carbocycles. The summed E-state index contributed by atoms with van der Waals surface area (Å²) < 4.78 is 58.0. The van der Waals surface area contributed by atoms with Gasteiger partial charge in [0.05, 0.1) is 12.2 Å². The average Bonchev–Trinajstić information content (AvgIpc) is 2.79. The van der Waals surface area contributed by atoms with Crippen molar-refractivity contribution < 1.29 is 27.1 Å². The number of alkyl halides is 3. The van der Waals surface area contributed by atoms with Crippen LogP contribution in [0.4, 0.5) is 23.2 Å². The molecule has 0 aromatic heterocycles. The van der Waals surface area contributed by atoms with Crippen LogP contribution in [0.2, 0.25) is 5.02 Å². The third kappa shape index (κ3) is 6.84. The quantitative estimate of drug-likeness (QED) is 0.214. The molecule has 1 amide bonds. The van der Waals surface area contributed by atoms with Gasteiger partial charge in [-0.2, -0.15) is 18.4 Å². The molecule has 0 unspecified atom stereocenters. The van der Waals surface area contributed by atoms with Gasteiger partial charge in [0.25, 0.3) is 5.91 Å². The number of nitrogens with one attached hydrogen (secondary N) is 1. The minimum atomic E-state index is -4.58. The molecule has 9 heteroatoms. The molecule has 180 valence electrons. The van der Waals surface area contributed by atoms with Gasteiger partial charge in [-0.1, -0.05) is 29.8 Å². The first kappa shape index (κ1) is 25.8. The summed E-state index contributed by atoms with van der Waals surface area (Å²) in [6.07, 6.45) is -3.03. The largest absolute Gasteiger partial charge is 0.494 e. The van der Waals surface area contributed by atoms with Gasteiger partial charge in [-0.05, 0) is 66.6 Å². The fourth-order valence-electron chi connectivity index (χ4n) is 3.31. The van der Waals surface area contributed by atoms with Gasteiger partial charge in [-0.25, -0.2) is 4.39 Å². The molecule has 0 spiro atoms. The predicted octanol–water partition coefficient (Wildman–Crippen LogP) is 7.03. The molecule has 4 nitrogen and oxygen atoms in total. The molecule has 0 fully saturated rings. The van der Waals surface area contributed by atoms with E-state index in [9.17, 15) is 27.6 Å². The van der Waals surface area contributed by atoms with Crippen LogP contribution in [-0.4, -0.2) is 12.5 Å². The molecule has 0 saturated heterocycles. The summed E-state index contributed by atoms with van der Waals surface area (Å²) in [6, 6.07) is 15.0. The maximum atomic E-state index is 13.6. The number of amides is 1. The monoisotopic (exact) mass is 502 g/mol. The number of hydrogen-bond acceptors (Lipinski definition) is 3. The molecule has 3 aromatic rings. The van der Waals surface area contributed by atoms with Crippen LogP contribution in [0.1, 0.15) is 29.2 Å². The Bertz CT molecular complexity index is 1310. The summed E-state index contributed by atoms with van der Waals surface area (Å²) in [7, 11) is 0. The highest BCUT2D eigenvalue weighted by molar-refractivity contribution is 6.31. The van der Waals surface area contributed by atoms with E-state index in [0.717, 1.165) is 18.2 Å². The van der Waals surface area contributed by atoms with Crippen LogP contribution >= 0.6 is 11.6 Å². The smallest absolute Gasteiger partial charge is 0.416 e. The summed E-state index contributed by atoms with van der Waals surface area (Å²) >= 11 is 6.46. The maximum absolute atomic E-state index is 13.6. The van der Waals surface area contributed by atoms with Crippen LogP contribution < -0.4 is 10.1 Å². The maximum Gasteiger partial charge on any atom is 0.416 e. The lowest BCUT2D eigenvalue weighted by atomic mass is 10.0. The molecular weight excluding hydrogens is 484 g/mol. The lowest BCUT2D eigenvalue weighted by Crippen LogP contribution is -2.14. The Morgan fingerprint density at radius 1 is 1.14 bits per heavy atom. The average molecular weight is 503 g/mol. The number of rotatable bonds is 7. The molecule has 3 rings (SSSR count). The zero-order valence-corrected chi connectivity index (χ0v) is 19.2. The number of nitriles is 1. The normalized spacial score (nSPS) is 11.6. The second-order valence-electron chi connectivity index (χ2n) is 7.42. The predicted molar refractivity (Wildman–Crippen MR) is 125 cm³/mol. The van der Waals surface area contributed by atoms with Crippen molar-refractivity contribution in [3.05, 3.63) is 99.3 Å². The van der Waals surface area contributed by atoms with Gasteiger partial charge >= 0.3 is 6.18 Å². The minimum Gasteiger partial charge on any atom is -0.494 e. The molecule has 35 heavy (non-hydrogen) atoms. The number of anilines is 1. The van der Waals surface area contributed by atoms with Crippen LogP contribution in [0.25, 0.3) is 6.08 Å². The van der Waals surface area contributed by atoms with Crippen LogP contribution in [0.3, 0.4) is 0 Å². The van der Waals surface area contributed by atoms with Crippen molar-refractivity contribution in [2.75, 3.05) is 11.9 Å². The summed E-state index contributed by atoms with van der Waals surface area (Å²) in [6.45, 7) is 2.08. The van der Waals surface area contributed by atoms with Crippen LogP contribution in [0, 0.1) is 17.1 Å². The topological polar surface area (TPSA) is 62.1 Å². The van der Waals surface area contributed by atoms with Crippen LogP contribution in [0.15, 0.2) is 66.2 Å². The Kier molecular flexibility index (Phi) is 8.15. The Balaban J connectivity index is 1.90. The van der Waals surface area contributed by atoms with E-state index in [1.54, 1.807) is 31.2 Å². The lowest BCUT2D eigenvalue weighted by Gasteiger charge is -2.14. The Morgan fingerprint density at radius 3 is 2.54 bits per heavy atom. The molecule has 0 radical (unpaired) electrons. The highest BCUT2D eigenvalue weighted by Crippen LogP contribution is 2.33. The zero-order valence-electron chi connectivity index (χ0n) is 18.4. The SMILES string of the molecule is CCOc1cc(/C=C(\C#N)C(=O)Nc2cccc(C(F)(F)F)c2)cc(Cl)c1Cc1cccc(F)c1. The van der Waals surface area contributed by atoms with Crippen molar-refractivity contribution in [1.82, 2.24) is 0 Å². The zero-order chi connectivity index (χ0) is 25.6. The molecule has 0 atom stereocenters. The summed E-state index contributed by atoms with van der Waals surface area (Å²) in [5.74, 6) is -0.877. The molecule has 0 aliphatic rings. The van der Waals surface area contributed by atoms with Gasteiger partial charge in [0, 0.05) is 22.7 Å². The molecule has 0 bridgehead atoms. The lowest BCUT2D eigenvalue weighted by molar-refractivity contribution is -0.137. The highest BCUT2D eigenvalue weighted by atomic mass is 35.5. The summed E-state index contributed by atoms with van der Waals surface area (Å²) in [5, 5.41) is 12.1. The Morgan fingerprint density at radius 2 is 1.89 bits per heavy atom. The number of carbonyl (C=O) groups excluding carboxylic acids is 1. The number of carbonyl (C=O) groups is 1. The Labute approximate surface area is 204 Å². The third-order valence-corrected chi connectivity index (χ3v) is 5.21. The Hall–Kier alpha value is -3.83. The fourth-order valence-corrected chi connectivity index (χ4v) is 3.59. The van der Waals surface area contributed by atoms with Crippen molar-refractivity contribution in [2.24, 2.45) is 0 Å². The summed E-state index contributed by atoms with van der Waals surface area (Å²) in [5.41, 5.74) is 0.262. The number of ether oxygens (including phenoxy) is 1. The van der Waals surface area contributed by atoms with Crippen LogP contribution in [-0.2, 0) is 17.4 Å². The number of halogens is 5. The minimum absolute atomic E-state index is 0.107. The van der Waals surface area contributed by atoms with Crippen molar-refractivity contribution in [2.45, 2.75) is 19.5 Å². The van der Waals surface area contributed by atoms with Gasteiger partial charge in [0.15, 0.2) is 0 Å². The van der Waals surface area contributed by atoms with Crippen molar-refractivity contribution >= 4 is 29.3 Å². The molecule has 0 heterocycles. The first-order chi connectivity index (χ1) is 16.6. The van der Waals surface area contributed by atoms with Gasteiger partial charge in [0.2, 0.25) is 0 Å². The van der Waals surface area contributed by atoms with Gasteiger partial charge in [-0.15, -0.1) is 0 Å². The van der Waals surface area contributed by atoms with Crippen LogP contribution in [0.5, 0.6) is 5.75 Å². The van der Waals surface area contributed by atoms with Gasteiger partial charge < -0.3 is 10.1 Å². The third-order valence-electron chi connectivity index (χ3n) is 4.87. The second-order valence-corrected chi connectivity index (χ2v) is 7.83. The highest BCUT2D eigenvalue weighted by Gasteiger charge is 2.30. The standard InChI is InChI=1S/C26H19ClF4N2O2/c1-2-35-24-13-17(12-23(27)22(24)11-16-5-3-7-20(28)10-16)9-18(15-32)25(34)33-21-8-4-6-19(14-21)26(29,30)31/h3-10,12-14H,2,11H2,1H3,(H,33,34)/b18-9+. The van der Waals surface area contributed by atoms with Crippen molar-refractivity contribution in [1.29, 1.82) is 5.26 Å². The van der Waals surface area contributed by atoms with E-state index >= 15 is 0 Å². The number of nitrogens with zero attached hydrogens (tertiary/aromatic N) is 1. The second kappa shape index (κ2) is 11.1. The van der Waals surface area contributed by atoms with E-state index in [-0.39, 0.29) is 28.5 Å². The molecule has 1 N–H and O–H groups in total. The number of hydrogen-bond donors (Lipinski definition) is 1. The fraction of sp³-hybridized carbons (Fsp3) is 0.154. The first-order valence-corrected chi connectivity index (χ1v) is 10.8. The molecule has 0 aliphatic carbocycles. The van der Waals surface area contributed by atoms with Gasteiger partial charge in [0.1, 0.15) is 23.2 Å². The molecule has 0 saturated carbocycles. The van der Waals surface area contributed by atoms with Gasteiger partial charge in [-0.3, -0.25) is 4.79 Å². The number of benzene rings is 3. The van der Waals surface area contributed by atoms with E-state index in [0.29, 0.717) is 29.0 Å². The van der Waals surface area contributed by atoms with Crippen molar-refractivity contribution in [3.8, 4) is 11.8 Å². The first-order valence-electron chi connectivity index (χ1n) is 10.4. The molecular formula is C26H19ClF4N2O2. The van der Waals surface area contributed by atoms with Crippen molar-refractivity contribution in [3.63, 3.8) is 0 Å². The molecule has 0 aliphatic heterocycles. The van der Waals surface area contributed by atoms with E-state index < -0.39 is 17.6 Å². The van der Waals surface area contributed by atoms with E-state index in [1.165, 1.54) is 30.3 Å². The van der Waals surface area contributed by atoms with E-state index in [2.05, 4.69) is 5.32 Å².